The van der Waals surface area contributed by atoms with E-state index in [-0.39, 0.29) is 6.04 Å². The maximum Gasteiger partial charge on any atom is 0.164 e. The first kappa shape index (κ1) is 14.5. The molecule has 1 aromatic heterocycles. The predicted molar refractivity (Wildman–Crippen MR) is 90.6 cm³/mol. The minimum absolute atomic E-state index is 0.268. The van der Waals surface area contributed by atoms with Crippen molar-refractivity contribution in [3.63, 3.8) is 0 Å². The first-order valence-electron chi connectivity index (χ1n) is 6.79. The second kappa shape index (κ2) is 5.78. The van der Waals surface area contributed by atoms with Crippen LogP contribution in [0.4, 0.5) is 0 Å². The number of alkyl halides is 1. The third-order valence-electron chi connectivity index (χ3n) is 3.46. The van der Waals surface area contributed by atoms with Crippen molar-refractivity contribution in [1.29, 1.82) is 0 Å². The summed E-state index contributed by atoms with van der Waals surface area (Å²) in [4.78, 5) is 0. The van der Waals surface area contributed by atoms with Crippen molar-refractivity contribution >= 4 is 38.3 Å². The molecule has 0 unspecified atom stereocenters. The highest BCUT2D eigenvalue weighted by atomic mass is 79.9. The molecule has 0 bridgehead atoms. The van der Waals surface area contributed by atoms with Crippen molar-refractivity contribution in [1.82, 2.24) is 14.8 Å². The minimum Gasteiger partial charge on any atom is -0.307 e. The number of nitrogens with zero attached hydrogens (tertiary/aromatic N) is 3. The van der Waals surface area contributed by atoms with Crippen molar-refractivity contribution in [3.8, 4) is 11.4 Å². The van der Waals surface area contributed by atoms with Gasteiger partial charge in [-0.2, -0.15) is 0 Å². The van der Waals surface area contributed by atoms with E-state index in [2.05, 4.69) is 74.9 Å². The van der Waals surface area contributed by atoms with E-state index in [0.717, 1.165) is 21.7 Å². The molecule has 1 heterocycles. The van der Waals surface area contributed by atoms with E-state index in [1.165, 1.54) is 10.8 Å². The topological polar surface area (TPSA) is 30.7 Å². The quantitative estimate of drug-likeness (QED) is 0.599. The maximum absolute atomic E-state index is 5.96. The average molecular weight is 365 g/mol. The van der Waals surface area contributed by atoms with Crippen LogP contribution in [0.2, 0.25) is 0 Å². The highest BCUT2D eigenvalue weighted by molar-refractivity contribution is 9.10. The molecule has 0 spiro atoms. The molecule has 5 heteroatoms. The fraction of sp³-hybridized carbons (Fsp3) is 0.250. The van der Waals surface area contributed by atoms with Crippen LogP contribution in [0.15, 0.2) is 40.9 Å². The predicted octanol–water partition coefficient (Wildman–Crippen LogP) is 5.18. The van der Waals surface area contributed by atoms with Gasteiger partial charge in [0.1, 0.15) is 5.82 Å². The van der Waals surface area contributed by atoms with Crippen molar-refractivity contribution < 1.29 is 0 Å². The molecule has 0 atom stereocenters. The molecule has 108 valence electrons. The Hall–Kier alpha value is -1.39. The van der Waals surface area contributed by atoms with E-state index < -0.39 is 0 Å². The van der Waals surface area contributed by atoms with Crippen LogP contribution in [0, 0.1) is 0 Å². The second-order valence-electron chi connectivity index (χ2n) is 5.24. The summed E-state index contributed by atoms with van der Waals surface area (Å²) in [6, 6.07) is 12.8. The Labute approximate surface area is 137 Å². The molecule has 2 aromatic carbocycles. The van der Waals surface area contributed by atoms with E-state index in [1.54, 1.807) is 0 Å². The van der Waals surface area contributed by atoms with Crippen molar-refractivity contribution in [3.05, 3.63) is 46.7 Å². The van der Waals surface area contributed by atoms with E-state index in [9.17, 15) is 0 Å². The highest BCUT2D eigenvalue weighted by Crippen LogP contribution is 2.28. The van der Waals surface area contributed by atoms with E-state index in [0.29, 0.717) is 5.88 Å². The standard InChI is InChI=1S/C16H15BrClN3/c1-10(2)21-15(9-18)19-20-16(21)13-4-3-12-8-14(17)6-5-11(12)7-13/h3-8,10H,9H2,1-2H3. The van der Waals surface area contributed by atoms with Gasteiger partial charge < -0.3 is 4.57 Å². The number of hydrogen-bond acceptors (Lipinski definition) is 2. The molecule has 0 aliphatic carbocycles. The Balaban J connectivity index is 2.16. The summed E-state index contributed by atoms with van der Waals surface area (Å²) in [6.07, 6.45) is 0. The smallest absolute Gasteiger partial charge is 0.164 e. The Bertz CT molecular complexity index is 795. The van der Waals surface area contributed by atoms with Gasteiger partial charge in [-0.05, 0) is 42.8 Å². The number of halogens is 2. The summed E-state index contributed by atoms with van der Waals surface area (Å²) in [6.45, 7) is 4.22. The minimum atomic E-state index is 0.268. The van der Waals surface area contributed by atoms with Crippen molar-refractivity contribution in [2.24, 2.45) is 0 Å². The summed E-state index contributed by atoms with van der Waals surface area (Å²) in [7, 11) is 0. The number of rotatable bonds is 3. The zero-order valence-electron chi connectivity index (χ0n) is 11.8. The van der Waals surface area contributed by atoms with Crippen LogP contribution in [0.1, 0.15) is 25.7 Å². The van der Waals surface area contributed by atoms with Gasteiger partial charge in [0.15, 0.2) is 5.82 Å². The lowest BCUT2D eigenvalue weighted by atomic mass is 10.1. The van der Waals surface area contributed by atoms with Crippen LogP contribution in [0.25, 0.3) is 22.2 Å². The Morgan fingerprint density at radius 2 is 1.81 bits per heavy atom. The third-order valence-corrected chi connectivity index (χ3v) is 4.20. The summed E-state index contributed by atoms with van der Waals surface area (Å²) in [5.41, 5.74) is 1.06. The summed E-state index contributed by atoms with van der Waals surface area (Å²) in [5.74, 6) is 2.04. The normalized spacial score (nSPS) is 11.5. The van der Waals surface area contributed by atoms with Gasteiger partial charge in [-0.15, -0.1) is 21.8 Å². The van der Waals surface area contributed by atoms with E-state index >= 15 is 0 Å². The molecule has 21 heavy (non-hydrogen) atoms. The molecule has 0 saturated heterocycles. The number of aromatic nitrogens is 3. The second-order valence-corrected chi connectivity index (χ2v) is 6.43. The molecule has 0 amide bonds. The fourth-order valence-corrected chi connectivity index (χ4v) is 3.07. The van der Waals surface area contributed by atoms with Crippen LogP contribution in [-0.4, -0.2) is 14.8 Å². The molecular weight excluding hydrogens is 350 g/mol. The van der Waals surface area contributed by atoms with Crippen molar-refractivity contribution in [2.45, 2.75) is 25.8 Å². The molecule has 3 rings (SSSR count). The Morgan fingerprint density at radius 1 is 1.10 bits per heavy atom. The zero-order valence-corrected chi connectivity index (χ0v) is 14.2. The molecule has 3 nitrogen and oxygen atoms in total. The molecule has 0 N–H and O–H groups in total. The molecule has 0 saturated carbocycles. The van der Waals surface area contributed by atoms with Gasteiger partial charge in [0.2, 0.25) is 0 Å². The Kier molecular flexibility index (Phi) is 4.00. The lowest BCUT2D eigenvalue weighted by Crippen LogP contribution is -2.06. The molecule has 3 aromatic rings. The van der Waals surface area contributed by atoms with Crippen LogP contribution >= 0.6 is 27.5 Å². The fourth-order valence-electron chi connectivity index (χ4n) is 2.51. The van der Waals surface area contributed by atoms with E-state index in [4.69, 9.17) is 11.6 Å². The number of benzene rings is 2. The maximum atomic E-state index is 5.96. The summed E-state index contributed by atoms with van der Waals surface area (Å²) in [5, 5.41) is 10.9. The monoisotopic (exact) mass is 363 g/mol. The van der Waals surface area contributed by atoms with Crippen LogP contribution < -0.4 is 0 Å². The van der Waals surface area contributed by atoms with Gasteiger partial charge >= 0.3 is 0 Å². The highest BCUT2D eigenvalue weighted by Gasteiger charge is 2.15. The summed E-state index contributed by atoms with van der Waals surface area (Å²) < 4.78 is 3.17. The first-order chi connectivity index (χ1) is 10.1. The van der Waals surface area contributed by atoms with Gasteiger partial charge in [0.05, 0.1) is 5.88 Å². The van der Waals surface area contributed by atoms with Gasteiger partial charge in [-0.1, -0.05) is 34.1 Å². The molecule has 0 aliphatic rings. The zero-order chi connectivity index (χ0) is 15.0. The Morgan fingerprint density at radius 3 is 2.52 bits per heavy atom. The molecule has 0 aliphatic heterocycles. The molecule has 0 fully saturated rings. The largest absolute Gasteiger partial charge is 0.307 e. The lowest BCUT2D eigenvalue weighted by molar-refractivity contribution is 0.585. The lowest BCUT2D eigenvalue weighted by Gasteiger charge is -2.13. The van der Waals surface area contributed by atoms with Gasteiger partial charge in [0.25, 0.3) is 0 Å². The van der Waals surface area contributed by atoms with Crippen LogP contribution in [0.5, 0.6) is 0 Å². The number of hydrogen-bond donors (Lipinski definition) is 0. The SMILES string of the molecule is CC(C)n1c(CCl)nnc1-c1ccc2cc(Br)ccc2c1. The van der Waals surface area contributed by atoms with Crippen LogP contribution in [0.3, 0.4) is 0 Å². The van der Waals surface area contributed by atoms with Gasteiger partial charge in [0, 0.05) is 16.1 Å². The average Bonchev–Trinajstić information content (AvgIpc) is 2.90. The van der Waals surface area contributed by atoms with Gasteiger partial charge in [-0.25, -0.2) is 0 Å². The van der Waals surface area contributed by atoms with Gasteiger partial charge in [-0.3, -0.25) is 0 Å². The van der Waals surface area contributed by atoms with Crippen molar-refractivity contribution in [2.75, 3.05) is 0 Å². The number of fused-ring (bicyclic) bond motifs is 1. The molecule has 0 radical (unpaired) electrons. The first-order valence-corrected chi connectivity index (χ1v) is 8.12. The molecular formula is C16H15BrClN3. The van der Waals surface area contributed by atoms with Crippen LogP contribution in [-0.2, 0) is 5.88 Å². The summed E-state index contributed by atoms with van der Waals surface area (Å²) >= 11 is 9.46. The van der Waals surface area contributed by atoms with E-state index in [1.807, 2.05) is 6.07 Å². The third kappa shape index (κ3) is 2.70.